The molecule has 144 valence electrons. The highest BCUT2D eigenvalue weighted by molar-refractivity contribution is 7.15. The van der Waals surface area contributed by atoms with E-state index in [4.69, 9.17) is 4.74 Å². The molecule has 10 heteroatoms. The smallest absolute Gasteiger partial charge is 0.265 e. The van der Waals surface area contributed by atoms with Crippen molar-refractivity contribution < 1.29 is 14.3 Å². The summed E-state index contributed by atoms with van der Waals surface area (Å²) in [5.74, 6) is 0.175. The van der Waals surface area contributed by atoms with Crippen LogP contribution >= 0.6 is 22.7 Å². The Labute approximate surface area is 169 Å². The van der Waals surface area contributed by atoms with Crippen LogP contribution in [0.15, 0.2) is 29.1 Å². The second-order valence-electron chi connectivity index (χ2n) is 6.47. The molecule has 1 aliphatic rings. The molecule has 3 aromatic rings. The number of aromatic nitrogens is 3. The number of carbonyl (C=O) groups is 2. The summed E-state index contributed by atoms with van der Waals surface area (Å²) >= 11 is 2.82. The summed E-state index contributed by atoms with van der Waals surface area (Å²) in [5.41, 5.74) is 3.96. The van der Waals surface area contributed by atoms with Gasteiger partial charge < -0.3 is 4.74 Å². The van der Waals surface area contributed by atoms with Gasteiger partial charge in [0, 0.05) is 16.9 Å². The lowest BCUT2D eigenvalue weighted by Gasteiger charge is -2.29. The fraction of sp³-hybridized carbons (Fsp3) is 0.278. The van der Waals surface area contributed by atoms with E-state index in [1.165, 1.54) is 27.6 Å². The van der Waals surface area contributed by atoms with Gasteiger partial charge in [-0.25, -0.2) is 4.98 Å². The summed E-state index contributed by atoms with van der Waals surface area (Å²) in [6.45, 7) is 3.78. The maximum absolute atomic E-state index is 12.5. The minimum Gasteiger partial charge on any atom is -0.482 e. The van der Waals surface area contributed by atoms with Crippen LogP contribution in [0.2, 0.25) is 0 Å². The molecule has 1 aromatic carbocycles. The highest BCUT2D eigenvalue weighted by Gasteiger charge is 2.28. The van der Waals surface area contributed by atoms with E-state index in [0.717, 1.165) is 16.3 Å². The summed E-state index contributed by atoms with van der Waals surface area (Å²) in [7, 11) is 0. The molecule has 0 aliphatic carbocycles. The predicted octanol–water partition coefficient (Wildman–Crippen LogP) is 3.15. The molecule has 0 unspecified atom stereocenters. The van der Waals surface area contributed by atoms with Crippen LogP contribution in [0.3, 0.4) is 0 Å². The van der Waals surface area contributed by atoms with Crippen molar-refractivity contribution in [3.63, 3.8) is 0 Å². The van der Waals surface area contributed by atoms with E-state index in [1.54, 1.807) is 11.6 Å². The molecule has 2 aromatic heterocycles. The van der Waals surface area contributed by atoms with Crippen molar-refractivity contribution >= 4 is 45.3 Å². The van der Waals surface area contributed by atoms with Crippen LogP contribution in [0.5, 0.6) is 5.75 Å². The van der Waals surface area contributed by atoms with Gasteiger partial charge in [0.25, 0.3) is 5.91 Å². The third-order valence-electron chi connectivity index (χ3n) is 4.11. The van der Waals surface area contributed by atoms with Crippen LogP contribution in [-0.2, 0) is 9.59 Å². The zero-order valence-electron chi connectivity index (χ0n) is 15.2. The van der Waals surface area contributed by atoms with E-state index in [2.05, 4.69) is 20.5 Å². The fourth-order valence-electron chi connectivity index (χ4n) is 2.71. The maximum Gasteiger partial charge on any atom is 0.265 e. The number of rotatable bonds is 5. The summed E-state index contributed by atoms with van der Waals surface area (Å²) in [5, 5.41) is 13.9. The quantitative estimate of drug-likeness (QED) is 0.688. The van der Waals surface area contributed by atoms with Gasteiger partial charge in [-0.1, -0.05) is 25.2 Å². The molecular weight excluding hydrogens is 398 g/mol. The Morgan fingerprint density at radius 1 is 1.36 bits per heavy atom. The third-order valence-corrected chi connectivity index (χ3v) is 5.84. The standard InChI is InChI=1S/C18H17N5O3S2/c1-10(2)17-21-22-18(28-17)20-15(24)6-23-13-5-11(12-8-27-9-19-12)3-4-14(13)26-7-16(23)25/h3-5,8-10H,6-7H2,1-2H3,(H,20,22,24). The van der Waals surface area contributed by atoms with Crippen molar-refractivity contribution in [1.82, 2.24) is 15.2 Å². The zero-order valence-corrected chi connectivity index (χ0v) is 16.8. The summed E-state index contributed by atoms with van der Waals surface area (Å²) in [6, 6.07) is 5.49. The molecule has 1 N–H and O–H groups in total. The summed E-state index contributed by atoms with van der Waals surface area (Å²) < 4.78 is 5.51. The molecule has 2 amide bonds. The van der Waals surface area contributed by atoms with Crippen LogP contribution in [-0.4, -0.2) is 40.1 Å². The molecule has 0 bridgehead atoms. The van der Waals surface area contributed by atoms with Crippen LogP contribution in [0, 0.1) is 0 Å². The molecule has 0 spiro atoms. The maximum atomic E-state index is 12.5. The van der Waals surface area contributed by atoms with Gasteiger partial charge >= 0.3 is 0 Å². The minimum absolute atomic E-state index is 0.105. The van der Waals surface area contributed by atoms with Crippen LogP contribution < -0.4 is 15.0 Å². The normalized spacial score (nSPS) is 13.4. The number of thiazole rings is 1. The molecule has 3 heterocycles. The Kier molecular flexibility index (Phi) is 5.05. The van der Waals surface area contributed by atoms with Gasteiger partial charge in [0.15, 0.2) is 6.61 Å². The highest BCUT2D eigenvalue weighted by atomic mass is 32.1. The fourth-order valence-corrected chi connectivity index (χ4v) is 4.03. The first-order chi connectivity index (χ1) is 13.5. The Hall–Kier alpha value is -2.85. The monoisotopic (exact) mass is 415 g/mol. The van der Waals surface area contributed by atoms with E-state index in [1.807, 2.05) is 31.4 Å². The number of carbonyl (C=O) groups excluding carboxylic acids is 2. The van der Waals surface area contributed by atoms with Crippen molar-refractivity contribution in [3.05, 3.63) is 34.1 Å². The van der Waals surface area contributed by atoms with Gasteiger partial charge in [0.2, 0.25) is 11.0 Å². The van der Waals surface area contributed by atoms with E-state index in [9.17, 15) is 9.59 Å². The zero-order chi connectivity index (χ0) is 19.7. The second-order valence-corrected chi connectivity index (χ2v) is 8.20. The van der Waals surface area contributed by atoms with Gasteiger partial charge in [-0.2, -0.15) is 0 Å². The summed E-state index contributed by atoms with van der Waals surface area (Å²) in [4.78, 5) is 30.6. The SMILES string of the molecule is CC(C)c1nnc(NC(=O)CN2C(=O)COc3ccc(-c4cscn4)cc32)s1. The number of amides is 2. The number of fused-ring (bicyclic) bond motifs is 1. The molecular formula is C18H17N5O3S2. The Balaban J connectivity index is 1.55. The minimum atomic E-state index is -0.341. The topological polar surface area (TPSA) is 97.3 Å². The van der Waals surface area contributed by atoms with Crippen molar-refractivity contribution in [2.24, 2.45) is 0 Å². The largest absolute Gasteiger partial charge is 0.482 e. The third kappa shape index (κ3) is 3.73. The molecule has 4 rings (SSSR count). The molecule has 0 atom stereocenters. The van der Waals surface area contributed by atoms with Crippen LogP contribution in [0.25, 0.3) is 11.3 Å². The van der Waals surface area contributed by atoms with Crippen molar-refractivity contribution in [2.75, 3.05) is 23.4 Å². The first-order valence-corrected chi connectivity index (χ1v) is 10.4. The van der Waals surface area contributed by atoms with Gasteiger partial charge in [-0.3, -0.25) is 19.8 Å². The van der Waals surface area contributed by atoms with Gasteiger partial charge in [-0.05, 0) is 18.2 Å². The Bertz CT molecular complexity index is 1020. The van der Waals surface area contributed by atoms with Crippen molar-refractivity contribution in [1.29, 1.82) is 0 Å². The first-order valence-electron chi connectivity index (χ1n) is 8.60. The van der Waals surface area contributed by atoms with Crippen LogP contribution in [0.1, 0.15) is 24.8 Å². The van der Waals surface area contributed by atoms with Gasteiger partial charge in [-0.15, -0.1) is 21.5 Å². The second kappa shape index (κ2) is 7.64. The predicted molar refractivity (Wildman–Crippen MR) is 108 cm³/mol. The Morgan fingerprint density at radius 3 is 2.93 bits per heavy atom. The molecule has 28 heavy (non-hydrogen) atoms. The molecule has 1 aliphatic heterocycles. The Morgan fingerprint density at radius 2 is 2.21 bits per heavy atom. The lowest BCUT2D eigenvalue weighted by Crippen LogP contribution is -2.43. The molecule has 0 saturated carbocycles. The highest BCUT2D eigenvalue weighted by Crippen LogP contribution is 2.36. The number of anilines is 2. The lowest BCUT2D eigenvalue weighted by molar-refractivity contribution is -0.123. The van der Waals surface area contributed by atoms with Gasteiger partial charge in [0.1, 0.15) is 17.3 Å². The van der Waals surface area contributed by atoms with E-state index in [0.29, 0.717) is 16.6 Å². The first kappa shape index (κ1) is 18.5. The number of hydrogen-bond acceptors (Lipinski definition) is 8. The van der Waals surface area contributed by atoms with Crippen LogP contribution in [0.4, 0.5) is 10.8 Å². The van der Waals surface area contributed by atoms with Gasteiger partial charge in [0.05, 0.1) is 16.9 Å². The van der Waals surface area contributed by atoms with E-state index < -0.39 is 0 Å². The van der Waals surface area contributed by atoms with E-state index in [-0.39, 0.29) is 30.9 Å². The molecule has 0 saturated heterocycles. The number of nitrogens with one attached hydrogen (secondary N) is 1. The summed E-state index contributed by atoms with van der Waals surface area (Å²) in [6.07, 6.45) is 0. The number of benzene rings is 1. The number of ether oxygens (including phenoxy) is 1. The number of hydrogen-bond donors (Lipinski definition) is 1. The molecule has 0 fully saturated rings. The lowest BCUT2D eigenvalue weighted by atomic mass is 10.1. The average Bonchev–Trinajstić information content (AvgIpc) is 3.36. The van der Waals surface area contributed by atoms with E-state index >= 15 is 0 Å². The van der Waals surface area contributed by atoms with Crippen molar-refractivity contribution in [2.45, 2.75) is 19.8 Å². The molecule has 0 radical (unpaired) electrons. The average molecular weight is 416 g/mol. The number of nitrogens with zero attached hydrogens (tertiary/aromatic N) is 4. The molecule has 8 nitrogen and oxygen atoms in total. The van der Waals surface area contributed by atoms with Crippen molar-refractivity contribution in [3.8, 4) is 17.0 Å².